The molecule has 1 atom stereocenters. The minimum absolute atomic E-state index is 0.0554. The van der Waals surface area contributed by atoms with Gasteiger partial charge in [-0.3, -0.25) is 9.59 Å². The largest absolute Gasteiger partial charge is 0.481 e. The Morgan fingerprint density at radius 3 is 2.52 bits per heavy atom. The number of carboxylic acid groups (broad SMARTS) is 1. The summed E-state index contributed by atoms with van der Waals surface area (Å²) < 4.78 is 1.19. The average Bonchev–Trinajstić information content (AvgIpc) is 2.46. The predicted molar refractivity (Wildman–Crippen MR) is 91.1 cm³/mol. The van der Waals surface area contributed by atoms with Crippen LogP contribution in [0.4, 0.5) is 0 Å². The summed E-state index contributed by atoms with van der Waals surface area (Å²) in [5.74, 6) is -1.00. The molecule has 0 aliphatic rings. The first kappa shape index (κ1) is 17.9. The number of aryl methyl sites for hydroxylation is 1. The quantitative estimate of drug-likeness (QED) is 0.488. The van der Waals surface area contributed by atoms with Gasteiger partial charge in [-0.1, -0.05) is 25.5 Å². The van der Waals surface area contributed by atoms with Gasteiger partial charge in [-0.05, 0) is 59.5 Å². The third kappa shape index (κ3) is 8.04. The van der Waals surface area contributed by atoms with Crippen molar-refractivity contribution in [3.8, 4) is 0 Å². The standard InChI is InChI=1S/C16H22INO3/c1-12(16(20)21)4-2-3-11-18-15(19)10-7-13-5-8-14(17)9-6-13/h5-6,8-9,12H,2-4,7,10-11H2,1H3,(H,18,19)(H,20,21)/t12-/m0/s1/i17+4. The Labute approximate surface area is 139 Å². The highest BCUT2D eigenvalue weighted by molar-refractivity contribution is 14.1. The summed E-state index contributed by atoms with van der Waals surface area (Å²) in [6.45, 7) is 2.33. The Balaban J connectivity index is 2.09. The highest BCUT2D eigenvalue weighted by Crippen LogP contribution is 2.09. The Morgan fingerprint density at radius 1 is 1.24 bits per heavy atom. The van der Waals surface area contributed by atoms with Gasteiger partial charge < -0.3 is 10.4 Å². The van der Waals surface area contributed by atoms with Gasteiger partial charge in [0.25, 0.3) is 0 Å². The van der Waals surface area contributed by atoms with E-state index in [1.54, 1.807) is 6.92 Å². The van der Waals surface area contributed by atoms with Crippen molar-refractivity contribution in [2.45, 2.75) is 39.0 Å². The van der Waals surface area contributed by atoms with Gasteiger partial charge in [0.2, 0.25) is 5.91 Å². The van der Waals surface area contributed by atoms with Gasteiger partial charge in [0.15, 0.2) is 0 Å². The number of carboxylic acids is 1. The molecule has 0 bridgehead atoms. The molecule has 0 aliphatic heterocycles. The zero-order chi connectivity index (χ0) is 15.7. The number of rotatable bonds is 9. The molecule has 1 aromatic rings. The van der Waals surface area contributed by atoms with Crippen LogP contribution in [0.3, 0.4) is 0 Å². The van der Waals surface area contributed by atoms with Gasteiger partial charge in [-0.2, -0.15) is 0 Å². The van der Waals surface area contributed by atoms with E-state index in [1.165, 1.54) is 9.13 Å². The molecule has 0 unspecified atom stereocenters. The van der Waals surface area contributed by atoms with Gasteiger partial charge in [0, 0.05) is 16.5 Å². The van der Waals surface area contributed by atoms with Crippen molar-refractivity contribution >= 4 is 34.5 Å². The van der Waals surface area contributed by atoms with Gasteiger partial charge in [0.1, 0.15) is 0 Å². The number of hydrogen-bond acceptors (Lipinski definition) is 2. The first-order chi connectivity index (χ1) is 9.99. The molecule has 116 valence electrons. The van der Waals surface area contributed by atoms with E-state index >= 15 is 0 Å². The number of halogens is 1. The second-order valence-corrected chi connectivity index (χ2v) is 6.46. The van der Waals surface area contributed by atoms with Gasteiger partial charge >= 0.3 is 5.97 Å². The first-order valence-electron chi connectivity index (χ1n) is 7.23. The maximum absolute atomic E-state index is 11.7. The Morgan fingerprint density at radius 2 is 1.90 bits per heavy atom. The van der Waals surface area contributed by atoms with Crippen molar-refractivity contribution < 1.29 is 14.7 Å². The minimum atomic E-state index is -0.753. The lowest BCUT2D eigenvalue weighted by Crippen LogP contribution is -2.24. The smallest absolute Gasteiger partial charge is 0.306 e. The minimum Gasteiger partial charge on any atom is -0.481 e. The molecule has 0 heterocycles. The molecular formula is C16H22INO3. The number of hydrogen-bond donors (Lipinski definition) is 2. The van der Waals surface area contributed by atoms with E-state index in [2.05, 4.69) is 27.9 Å². The second kappa shape index (κ2) is 9.76. The zero-order valence-corrected chi connectivity index (χ0v) is 14.4. The van der Waals surface area contributed by atoms with Crippen LogP contribution in [0.5, 0.6) is 0 Å². The molecular weight excluding hydrogens is 385 g/mol. The summed E-state index contributed by atoms with van der Waals surface area (Å²) in [6, 6.07) is 8.17. The molecule has 0 aliphatic carbocycles. The van der Waals surface area contributed by atoms with Crippen LogP contribution in [0.1, 0.15) is 38.2 Å². The Kier molecular flexibility index (Phi) is 8.34. The third-order valence-corrected chi connectivity index (χ3v) is 4.08. The number of nitrogens with one attached hydrogen (secondary N) is 1. The second-order valence-electron chi connectivity index (χ2n) is 5.21. The van der Waals surface area contributed by atoms with E-state index < -0.39 is 5.97 Å². The zero-order valence-electron chi connectivity index (χ0n) is 12.3. The highest BCUT2D eigenvalue weighted by atomic mass is 131. The van der Waals surface area contributed by atoms with Crippen molar-refractivity contribution in [2.75, 3.05) is 6.54 Å². The number of aliphatic carboxylic acids is 1. The van der Waals surface area contributed by atoms with Gasteiger partial charge in [-0.25, -0.2) is 0 Å². The fourth-order valence-electron chi connectivity index (χ4n) is 1.92. The van der Waals surface area contributed by atoms with Crippen LogP contribution in [0.15, 0.2) is 24.3 Å². The molecule has 0 saturated carbocycles. The lowest BCUT2D eigenvalue weighted by molar-refractivity contribution is -0.141. The maximum atomic E-state index is 11.7. The Bertz CT molecular complexity index is 459. The summed E-state index contributed by atoms with van der Waals surface area (Å²) in [6.07, 6.45) is 3.55. The van der Waals surface area contributed by atoms with E-state index in [-0.39, 0.29) is 11.8 Å². The normalized spacial score (nSPS) is 11.9. The van der Waals surface area contributed by atoms with Crippen LogP contribution >= 0.6 is 22.6 Å². The molecule has 1 rings (SSSR count). The topological polar surface area (TPSA) is 66.4 Å². The average molecular weight is 407 g/mol. The molecule has 0 fully saturated rings. The van der Waals surface area contributed by atoms with Gasteiger partial charge in [0.05, 0.1) is 5.92 Å². The molecule has 5 heteroatoms. The number of unbranched alkanes of at least 4 members (excludes halogenated alkanes) is 1. The van der Waals surface area contributed by atoms with Crippen molar-refractivity contribution in [2.24, 2.45) is 5.92 Å². The summed E-state index contributed by atoms with van der Waals surface area (Å²) >= 11 is 2.26. The van der Waals surface area contributed by atoms with Crippen LogP contribution in [0.25, 0.3) is 0 Å². The van der Waals surface area contributed by atoms with Gasteiger partial charge in [-0.15, -0.1) is 0 Å². The van der Waals surface area contributed by atoms with Crippen LogP contribution in [-0.4, -0.2) is 23.5 Å². The molecule has 0 saturated heterocycles. The van der Waals surface area contributed by atoms with E-state index in [4.69, 9.17) is 5.11 Å². The lowest BCUT2D eigenvalue weighted by atomic mass is 10.0. The Hall–Kier alpha value is -1.11. The monoisotopic (exact) mass is 407 g/mol. The lowest BCUT2D eigenvalue weighted by Gasteiger charge is -2.07. The van der Waals surface area contributed by atoms with Crippen molar-refractivity contribution in [1.82, 2.24) is 5.32 Å². The number of benzene rings is 1. The fraction of sp³-hybridized carbons (Fsp3) is 0.500. The molecule has 0 aromatic heterocycles. The van der Waals surface area contributed by atoms with E-state index in [1.807, 2.05) is 24.3 Å². The number of carbonyl (C=O) groups excluding carboxylic acids is 1. The first-order valence-corrected chi connectivity index (χ1v) is 8.31. The van der Waals surface area contributed by atoms with Crippen LogP contribution in [-0.2, 0) is 16.0 Å². The molecule has 1 aromatic carbocycles. The fourth-order valence-corrected chi connectivity index (χ4v) is 2.28. The predicted octanol–water partition coefficient (Wildman–Crippen LogP) is 3.23. The van der Waals surface area contributed by atoms with Crippen molar-refractivity contribution in [3.63, 3.8) is 0 Å². The third-order valence-electron chi connectivity index (χ3n) is 3.36. The van der Waals surface area contributed by atoms with Crippen LogP contribution < -0.4 is 5.32 Å². The van der Waals surface area contributed by atoms with E-state index in [9.17, 15) is 9.59 Å². The molecule has 4 nitrogen and oxygen atoms in total. The van der Waals surface area contributed by atoms with Crippen molar-refractivity contribution in [3.05, 3.63) is 33.4 Å². The van der Waals surface area contributed by atoms with E-state index in [0.29, 0.717) is 19.4 Å². The van der Waals surface area contributed by atoms with Crippen molar-refractivity contribution in [1.29, 1.82) is 0 Å². The molecule has 1 amide bonds. The molecule has 21 heavy (non-hydrogen) atoms. The summed E-state index contributed by atoms with van der Waals surface area (Å²) in [5, 5.41) is 11.6. The SMILES string of the molecule is C[C@@H](CCCCNC(=O)CCc1ccc([131I])cc1)C(=O)O. The van der Waals surface area contributed by atoms with Crippen LogP contribution in [0.2, 0.25) is 0 Å². The summed E-state index contributed by atoms with van der Waals surface area (Å²) in [7, 11) is 0. The molecule has 0 radical (unpaired) electrons. The van der Waals surface area contributed by atoms with E-state index in [0.717, 1.165) is 19.3 Å². The summed E-state index contributed by atoms with van der Waals surface area (Å²) in [5.41, 5.74) is 1.17. The number of carbonyl (C=O) groups is 2. The highest BCUT2D eigenvalue weighted by Gasteiger charge is 2.09. The van der Waals surface area contributed by atoms with Crippen LogP contribution in [0, 0.1) is 9.49 Å². The molecule has 0 spiro atoms. The molecule has 2 N–H and O–H groups in total. The maximum Gasteiger partial charge on any atom is 0.306 e. The summed E-state index contributed by atoms with van der Waals surface area (Å²) in [4.78, 5) is 22.3. The number of amides is 1.